The second kappa shape index (κ2) is 4.25. The third-order valence-corrected chi connectivity index (χ3v) is 3.28. The van der Waals surface area contributed by atoms with Gasteiger partial charge in [0, 0.05) is 13.0 Å². The van der Waals surface area contributed by atoms with Crippen LogP contribution in [0.2, 0.25) is 0 Å². The lowest BCUT2D eigenvalue weighted by Gasteiger charge is -2.20. The van der Waals surface area contributed by atoms with Gasteiger partial charge in [-0.2, -0.15) is 0 Å². The number of nitrogens with two attached hydrogens (primary N) is 1. The van der Waals surface area contributed by atoms with E-state index in [0.717, 1.165) is 36.8 Å². The molecule has 2 rings (SSSR count). The monoisotopic (exact) mass is 207 g/mol. The summed E-state index contributed by atoms with van der Waals surface area (Å²) >= 11 is 0. The highest BCUT2D eigenvalue weighted by Crippen LogP contribution is 2.25. The molecule has 1 atom stereocenters. The van der Waals surface area contributed by atoms with Gasteiger partial charge < -0.3 is 10.3 Å². The number of anilines is 1. The maximum absolute atomic E-state index is 6.13. The molecule has 1 aromatic rings. The summed E-state index contributed by atoms with van der Waals surface area (Å²) in [4.78, 5) is 4.66. The van der Waals surface area contributed by atoms with Crippen molar-refractivity contribution in [2.45, 2.75) is 52.5 Å². The number of aryl methyl sites for hydroxylation is 2. The van der Waals surface area contributed by atoms with Crippen LogP contribution in [-0.4, -0.2) is 9.55 Å². The van der Waals surface area contributed by atoms with Crippen molar-refractivity contribution in [3.8, 4) is 0 Å². The van der Waals surface area contributed by atoms with Crippen LogP contribution in [0.15, 0.2) is 0 Å². The third-order valence-electron chi connectivity index (χ3n) is 3.28. The number of rotatable bonds is 3. The number of hydrogen-bond acceptors (Lipinski definition) is 2. The van der Waals surface area contributed by atoms with Crippen LogP contribution < -0.4 is 5.73 Å². The first kappa shape index (κ1) is 10.5. The summed E-state index contributed by atoms with van der Waals surface area (Å²) in [5, 5.41) is 0. The lowest BCUT2D eigenvalue weighted by Crippen LogP contribution is -2.19. The SMILES string of the molecule is CCCCc1nc2n(c1N)CC(C)CC2. The molecule has 0 fully saturated rings. The van der Waals surface area contributed by atoms with Gasteiger partial charge in [0.15, 0.2) is 0 Å². The maximum atomic E-state index is 6.13. The Morgan fingerprint density at radius 1 is 1.53 bits per heavy atom. The maximum Gasteiger partial charge on any atom is 0.126 e. The summed E-state index contributed by atoms with van der Waals surface area (Å²) in [5.41, 5.74) is 7.25. The number of aromatic nitrogens is 2. The first-order chi connectivity index (χ1) is 7.22. The molecule has 0 radical (unpaired) electrons. The van der Waals surface area contributed by atoms with Crippen LogP contribution in [0.1, 0.15) is 44.6 Å². The fraction of sp³-hybridized carbons (Fsp3) is 0.750. The van der Waals surface area contributed by atoms with E-state index >= 15 is 0 Å². The standard InChI is InChI=1S/C12H21N3/c1-3-4-5-10-12(13)15-8-9(2)6-7-11(15)14-10/h9H,3-8,13H2,1-2H3. The molecule has 1 aromatic heterocycles. The van der Waals surface area contributed by atoms with Gasteiger partial charge in [-0.15, -0.1) is 0 Å². The zero-order valence-corrected chi connectivity index (χ0v) is 9.79. The predicted molar refractivity (Wildman–Crippen MR) is 62.7 cm³/mol. The normalized spacial score (nSPS) is 20.3. The molecule has 0 aliphatic carbocycles. The van der Waals surface area contributed by atoms with Gasteiger partial charge in [0.05, 0.1) is 5.69 Å². The highest BCUT2D eigenvalue weighted by atomic mass is 15.1. The molecule has 0 saturated heterocycles. The minimum atomic E-state index is 0.744. The van der Waals surface area contributed by atoms with E-state index in [1.54, 1.807) is 0 Å². The molecule has 3 nitrogen and oxygen atoms in total. The third kappa shape index (κ3) is 2.01. The number of hydrogen-bond donors (Lipinski definition) is 1. The Hall–Kier alpha value is -0.990. The molecule has 2 N–H and O–H groups in total. The molecule has 0 bridgehead atoms. The van der Waals surface area contributed by atoms with Crippen LogP contribution in [0.3, 0.4) is 0 Å². The molecule has 1 unspecified atom stereocenters. The van der Waals surface area contributed by atoms with E-state index in [-0.39, 0.29) is 0 Å². The van der Waals surface area contributed by atoms with E-state index in [1.807, 2.05) is 0 Å². The van der Waals surface area contributed by atoms with Crippen LogP contribution >= 0.6 is 0 Å². The molecule has 1 aliphatic heterocycles. The molecule has 15 heavy (non-hydrogen) atoms. The Balaban J connectivity index is 2.20. The summed E-state index contributed by atoms with van der Waals surface area (Å²) in [6, 6.07) is 0. The Bertz CT molecular complexity index is 341. The largest absolute Gasteiger partial charge is 0.384 e. The van der Waals surface area contributed by atoms with Crippen LogP contribution in [0.5, 0.6) is 0 Å². The summed E-state index contributed by atoms with van der Waals surface area (Å²) < 4.78 is 2.22. The first-order valence-electron chi connectivity index (χ1n) is 6.06. The highest BCUT2D eigenvalue weighted by molar-refractivity contribution is 5.39. The number of fused-ring (bicyclic) bond motifs is 1. The van der Waals surface area contributed by atoms with E-state index in [4.69, 9.17) is 5.73 Å². The average molecular weight is 207 g/mol. The van der Waals surface area contributed by atoms with Gasteiger partial charge in [0.25, 0.3) is 0 Å². The van der Waals surface area contributed by atoms with E-state index in [2.05, 4.69) is 23.4 Å². The van der Waals surface area contributed by atoms with Crippen molar-refractivity contribution in [1.82, 2.24) is 9.55 Å². The molecule has 84 valence electrons. The minimum absolute atomic E-state index is 0.744. The van der Waals surface area contributed by atoms with Crippen LogP contribution in [-0.2, 0) is 19.4 Å². The van der Waals surface area contributed by atoms with Crippen molar-refractivity contribution in [3.63, 3.8) is 0 Å². The fourth-order valence-electron chi connectivity index (χ4n) is 2.27. The molecule has 2 heterocycles. The number of nitrogens with zero attached hydrogens (tertiary/aromatic N) is 2. The van der Waals surface area contributed by atoms with Crippen LogP contribution in [0.4, 0.5) is 5.82 Å². The molecule has 0 saturated carbocycles. The van der Waals surface area contributed by atoms with E-state index in [1.165, 1.54) is 25.1 Å². The first-order valence-corrected chi connectivity index (χ1v) is 6.06. The minimum Gasteiger partial charge on any atom is -0.384 e. The predicted octanol–water partition coefficient (Wildman–Crippen LogP) is 2.39. The number of unbranched alkanes of at least 4 members (excludes halogenated alkanes) is 1. The van der Waals surface area contributed by atoms with Gasteiger partial charge >= 0.3 is 0 Å². The summed E-state index contributed by atoms with van der Waals surface area (Å²) in [7, 11) is 0. The van der Waals surface area contributed by atoms with E-state index in [9.17, 15) is 0 Å². The molecule has 3 heteroatoms. The van der Waals surface area contributed by atoms with E-state index < -0.39 is 0 Å². The summed E-state index contributed by atoms with van der Waals surface area (Å²) in [5.74, 6) is 2.87. The lowest BCUT2D eigenvalue weighted by molar-refractivity contribution is 0.397. The van der Waals surface area contributed by atoms with Gasteiger partial charge in [0.1, 0.15) is 11.6 Å². The van der Waals surface area contributed by atoms with Gasteiger partial charge in [-0.05, 0) is 25.2 Å². The fourth-order valence-corrected chi connectivity index (χ4v) is 2.27. The van der Waals surface area contributed by atoms with Crippen molar-refractivity contribution >= 4 is 5.82 Å². The Morgan fingerprint density at radius 3 is 3.07 bits per heavy atom. The zero-order chi connectivity index (χ0) is 10.8. The van der Waals surface area contributed by atoms with Gasteiger partial charge in [-0.1, -0.05) is 20.3 Å². The Labute approximate surface area is 91.7 Å². The molecule has 0 amide bonds. The van der Waals surface area contributed by atoms with Gasteiger partial charge in [0.2, 0.25) is 0 Å². The Kier molecular flexibility index (Phi) is 2.98. The zero-order valence-electron chi connectivity index (χ0n) is 9.79. The second-order valence-corrected chi connectivity index (χ2v) is 4.72. The lowest BCUT2D eigenvalue weighted by atomic mass is 10.0. The summed E-state index contributed by atoms with van der Waals surface area (Å²) in [6.07, 6.45) is 5.78. The number of nitrogen functional groups attached to an aromatic ring is 1. The molecule has 1 aliphatic rings. The van der Waals surface area contributed by atoms with Crippen molar-refractivity contribution in [3.05, 3.63) is 11.5 Å². The van der Waals surface area contributed by atoms with Crippen LogP contribution in [0, 0.1) is 5.92 Å². The molecule has 0 spiro atoms. The molecular weight excluding hydrogens is 186 g/mol. The number of imidazole rings is 1. The van der Waals surface area contributed by atoms with Crippen LogP contribution in [0.25, 0.3) is 0 Å². The van der Waals surface area contributed by atoms with E-state index in [0.29, 0.717) is 0 Å². The van der Waals surface area contributed by atoms with Gasteiger partial charge in [-0.25, -0.2) is 4.98 Å². The smallest absolute Gasteiger partial charge is 0.126 e. The second-order valence-electron chi connectivity index (χ2n) is 4.72. The quantitative estimate of drug-likeness (QED) is 0.827. The highest BCUT2D eigenvalue weighted by Gasteiger charge is 2.20. The molecule has 0 aromatic carbocycles. The van der Waals surface area contributed by atoms with Crippen molar-refractivity contribution in [2.24, 2.45) is 5.92 Å². The van der Waals surface area contributed by atoms with Gasteiger partial charge in [-0.3, -0.25) is 0 Å². The summed E-state index contributed by atoms with van der Waals surface area (Å²) in [6.45, 7) is 5.54. The Morgan fingerprint density at radius 2 is 2.33 bits per heavy atom. The van der Waals surface area contributed by atoms with Crippen molar-refractivity contribution in [1.29, 1.82) is 0 Å². The topological polar surface area (TPSA) is 43.8 Å². The van der Waals surface area contributed by atoms with Crippen molar-refractivity contribution in [2.75, 3.05) is 5.73 Å². The average Bonchev–Trinajstić information content (AvgIpc) is 2.53. The molecular formula is C12H21N3. The van der Waals surface area contributed by atoms with Crippen molar-refractivity contribution < 1.29 is 0 Å².